The summed E-state index contributed by atoms with van der Waals surface area (Å²) in [5, 5.41) is 14.0. The molecule has 0 spiro atoms. The Morgan fingerprint density at radius 3 is 2.53 bits per heavy atom. The van der Waals surface area contributed by atoms with E-state index in [-0.39, 0.29) is 33.7 Å². The SMILES string of the molecule is NC(=O)c1ccc(SCC(=O)NCc2ccc(N3CCCC3=O)cc2)c([N+](=O)[O-])c1. The first-order valence-electron chi connectivity index (χ1n) is 9.22. The summed E-state index contributed by atoms with van der Waals surface area (Å²) in [5.74, 6) is -0.942. The van der Waals surface area contributed by atoms with Gasteiger partial charge >= 0.3 is 0 Å². The molecule has 9 nitrogen and oxygen atoms in total. The minimum absolute atomic E-state index is 0.0167. The first-order valence-corrected chi connectivity index (χ1v) is 10.2. The average molecular weight is 428 g/mol. The highest BCUT2D eigenvalue weighted by Gasteiger charge is 2.21. The van der Waals surface area contributed by atoms with Crippen LogP contribution < -0.4 is 16.0 Å². The molecular weight excluding hydrogens is 408 g/mol. The van der Waals surface area contributed by atoms with Crippen molar-refractivity contribution >= 4 is 40.9 Å². The normalized spacial score (nSPS) is 13.3. The second-order valence-corrected chi connectivity index (χ2v) is 7.70. The summed E-state index contributed by atoms with van der Waals surface area (Å²) < 4.78 is 0. The maximum Gasteiger partial charge on any atom is 0.283 e. The summed E-state index contributed by atoms with van der Waals surface area (Å²) in [7, 11) is 0. The fraction of sp³-hybridized carbons (Fsp3) is 0.250. The predicted octanol–water partition coefficient (Wildman–Crippen LogP) is 2.23. The second kappa shape index (κ2) is 9.40. The van der Waals surface area contributed by atoms with Crippen LogP contribution in [0.4, 0.5) is 11.4 Å². The van der Waals surface area contributed by atoms with Crippen LogP contribution in [0.1, 0.15) is 28.8 Å². The lowest BCUT2D eigenvalue weighted by atomic mass is 10.2. The van der Waals surface area contributed by atoms with Gasteiger partial charge in [-0.15, -0.1) is 11.8 Å². The standard InChI is InChI=1S/C20H20N4O5S/c21-20(27)14-5-8-17(16(10-14)24(28)29)30-12-18(25)22-11-13-3-6-15(7-4-13)23-9-1-2-19(23)26/h3-8,10H,1-2,9,11-12H2,(H2,21,27)(H,22,25). The molecule has 0 aliphatic carbocycles. The van der Waals surface area contributed by atoms with Gasteiger partial charge in [0.1, 0.15) is 0 Å². The van der Waals surface area contributed by atoms with Gasteiger partial charge in [0, 0.05) is 36.8 Å². The maximum absolute atomic E-state index is 12.1. The molecule has 0 radical (unpaired) electrons. The number of amides is 3. The molecule has 0 bridgehead atoms. The zero-order valence-electron chi connectivity index (χ0n) is 16.0. The van der Waals surface area contributed by atoms with Crippen LogP contribution in [0.15, 0.2) is 47.4 Å². The van der Waals surface area contributed by atoms with Crippen molar-refractivity contribution in [1.29, 1.82) is 0 Å². The van der Waals surface area contributed by atoms with Gasteiger partial charge in [0.2, 0.25) is 17.7 Å². The number of anilines is 1. The highest BCUT2D eigenvalue weighted by Crippen LogP contribution is 2.30. The number of carbonyl (C=O) groups is 3. The number of nitrogens with one attached hydrogen (secondary N) is 1. The van der Waals surface area contributed by atoms with E-state index in [0.29, 0.717) is 13.0 Å². The first-order chi connectivity index (χ1) is 14.3. The molecular formula is C20H20N4O5S. The van der Waals surface area contributed by atoms with Crippen LogP contribution in [0.5, 0.6) is 0 Å². The smallest absolute Gasteiger partial charge is 0.283 e. The van der Waals surface area contributed by atoms with Crippen LogP contribution in [-0.2, 0) is 16.1 Å². The molecule has 30 heavy (non-hydrogen) atoms. The van der Waals surface area contributed by atoms with Crippen LogP contribution >= 0.6 is 11.8 Å². The molecule has 0 aromatic heterocycles. The summed E-state index contributed by atoms with van der Waals surface area (Å²) in [6.45, 7) is 1.02. The van der Waals surface area contributed by atoms with Gasteiger partial charge in [-0.2, -0.15) is 0 Å². The number of hydrogen-bond acceptors (Lipinski definition) is 6. The van der Waals surface area contributed by atoms with Crippen molar-refractivity contribution in [3.05, 3.63) is 63.7 Å². The van der Waals surface area contributed by atoms with Gasteiger partial charge in [-0.1, -0.05) is 12.1 Å². The molecule has 0 saturated carbocycles. The molecule has 1 fully saturated rings. The van der Waals surface area contributed by atoms with Gasteiger partial charge < -0.3 is 16.0 Å². The van der Waals surface area contributed by atoms with E-state index in [1.807, 2.05) is 24.3 Å². The molecule has 0 unspecified atom stereocenters. The third-order valence-corrected chi connectivity index (χ3v) is 5.67. The van der Waals surface area contributed by atoms with E-state index < -0.39 is 10.8 Å². The Morgan fingerprint density at radius 2 is 1.93 bits per heavy atom. The molecule has 2 aromatic carbocycles. The Labute approximate surface area is 176 Å². The molecule has 3 N–H and O–H groups in total. The molecule has 1 heterocycles. The van der Waals surface area contributed by atoms with Crippen LogP contribution in [0.25, 0.3) is 0 Å². The lowest BCUT2D eigenvalue weighted by Gasteiger charge is -2.16. The van der Waals surface area contributed by atoms with Gasteiger partial charge in [0.05, 0.1) is 15.6 Å². The number of nitrogens with two attached hydrogens (primary N) is 1. The van der Waals surface area contributed by atoms with Gasteiger partial charge in [-0.3, -0.25) is 24.5 Å². The minimum atomic E-state index is -0.757. The summed E-state index contributed by atoms with van der Waals surface area (Å²) in [4.78, 5) is 47.7. The van der Waals surface area contributed by atoms with Crippen LogP contribution in [0.2, 0.25) is 0 Å². The molecule has 1 saturated heterocycles. The van der Waals surface area contributed by atoms with Gasteiger partial charge in [0.25, 0.3) is 5.69 Å². The summed E-state index contributed by atoms with van der Waals surface area (Å²) in [5.41, 5.74) is 6.64. The second-order valence-electron chi connectivity index (χ2n) is 6.68. The van der Waals surface area contributed by atoms with Crippen molar-refractivity contribution in [3.63, 3.8) is 0 Å². The third kappa shape index (κ3) is 5.15. The van der Waals surface area contributed by atoms with Crippen molar-refractivity contribution in [2.24, 2.45) is 5.73 Å². The average Bonchev–Trinajstić information content (AvgIpc) is 3.16. The molecule has 3 rings (SSSR count). The van der Waals surface area contributed by atoms with Crippen molar-refractivity contribution in [2.75, 3.05) is 17.2 Å². The Kier molecular flexibility index (Phi) is 6.68. The lowest BCUT2D eigenvalue weighted by Crippen LogP contribution is -2.25. The third-order valence-electron chi connectivity index (χ3n) is 4.61. The highest BCUT2D eigenvalue weighted by atomic mass is 32.2. The number of thioether (sulfide) groups is 1. The number of primary amides is 1. The Balaban J connectivity index is 1.53. The number of rotatable bonds is 8. The number of nitro groups is 1. The molecule has 1 aliphatic rings. The molecule has 10 heteroatoms. The number of nitro benzene ring substituents is 1. The zero-order chi connectivity index (χ0) is 21.7. The fourth-order valence-corrected chi connectivity index (χ4v) is 3.88. The summed E-state index contributed by atoms with van der Waals surface area (Å²) in [6.07, 6.45) is 1.43. The fourth-order valence-electron chi connectivity index (χ4n) is 3.05. The van der Waals surface area contributed by atoms with E-state index in [0.717, 1.165) is 42.0 Å². The van der Waals surface area contributed by atoms with E-state index >= 15 is 0 Å². The number of benzene rings is 2. The topological polar surface area (TPSA) is 136 Å². The maximum atomic E-state index is 12.1. The molecule has 1 aliphatic heterocycles. The van der Waals surface area contributed by atoms with Crippen molar-refractivity contribution < 1.29 is 19.3 Å². The lowest BCUT2D eigenvalue weighted by molar-refractivity contribution is -0.387. The van der Waals surface area contributed by atoms with Gasteiger partial charge in [-0.05, 0) is 36.2 Å². The van der Waals surface area contributed by atoms with E-state index in [1.165, 1.54) is 12.1 Å². The quantitative estimate of drug-likeness (QED) is 0.376. The molecule has 2 aromatic rings. The van der Waals surface area contributed by atoms with Crippen molar-refractivity contribution in [3.8, 4) is 0 Å². The highest BCUT2D eigenvalue weighted by molar-refractivity contribution is 8.00. The first kappa shape index (κ1) is 21.3. The van der Waals surface area contributed by atoms with Crippen LogP contribution in [-0.4, -0.2) is 34.9 Å². The summed E-state index contributed by atoms with van der Waals surface area (Å²) in [6, 6.07) is 11.3. The van der Waals surface area contributed by atoms with Crippen LogP contribution in [0, 0.1) is 10.1 Å². The Hall–Kier alpha value is -3.40. The Morgan fingerprint density at radius 1 is 1.20 bits per heavy atom. The molecule has 3 amide bonds. The number of nitrogens with zero attached hydrogens (tertiary/aromatic N) is 2. The van der Waals surface area contributed by atoms with E-state index in [2.05, 4.69) is 5.32 Å². The largest absolute Gasteiger partial charge is 0.366 e. The van der Waals surface area contributed by atoms with Crippen LogP contribution in [0.3, 0.4) is 0 Å². The van der Waals surface area contributed by atoms with Gasteiger partial charge in [0.15, 0.2) is 0 Å². The van der Waals surface area contributed by atoms with Crippen molar-refractivity contribution in [1.82, 2.24) is 5.32 Å². The minimum Gasteiger partial charge on any atom is -0.366 e. The van der Waals surface area contributed by atoms with Crippen molar-refractivity contribution in [2.45, 2.75) is 24.3 Å². The van der Waals surface area contributed by atoms with Gasteiger partial charge in [-0.25, -0.2) is 0 Å². The number of hydrogen-bond donors (Lipinski definition) is 2. The number of carbonyl (C=O) groups excluding carboxylic acids is 3. The molecule has 0 atom stereocenters. The van der Waals surface area contributed by atoms with E-state index in [1.54, 1.807) is 4.90 Å². The Bertz CT molecular complexity index is 993. The molecule has 156 valence electrons. The summed E-state index contributed by atoms with van der Waals surface area (Å²) >= 11 is 1.01. The monoisotopic (exact) mass is 428 g/mol. The zero-order valence-corrected chi connectivity index (χ0v) is 16.8. The van der Waals surface area contributed by atoms with E-state index in [4.69, 9.17) is 5.73 Å². The predicted molar refractivity (Wildman–Crippen MR) is 112 cm³/mol. The van der Waals surface area contributed by atoms with E-state index in [9.17, 15) is 24.5 Å².